The van der Waals surface area contributed by atoms with Gasteiger partial charge in [-0.1, -0.05) is 13.8 Å². The molecule has 0 radical (unpaired) electrons. The summed E-state index contributed by atoms with van der Waals surface area (Å²) >= 11 is 1.84. The van der Waals surface area contributed by atoms with E-state index in [0.717, 1.165) is 25.3 Å². The fourth-order valence-electron chi connectivity index (χ4n) is 1.62. The maximum atomic E-state index is 5.58. The van der Waals surface area contributed by atoms with Crippen molar-refractivity contribution in [2.75, 3.05) is 35.7 Å². The molecule has 0 aliphatic heterocycles. The van der Waals surface area contributed by atoms with Crippen molar-refractivity contribution in [2.24, 2.45) is 5.92 Å². The van der Waals surface area contributed by atoms with E-state index in [0.29, 0.717) is 23.8 Å². The first-order valence-corrected chi connectivity index (χ1v) is 8.83. The number of nitrogens with one attached hydrogen (secondary N) is 2. The Morgan fingerprint density at radius 3 is 2.33 bits per heavy atom. The Balaban J connectivity index is 2.75. The molecule has 0 saturated carbocycles. The fourth-order valence-corrected chi connectivity index (χ4v) is 2.31. The van der Waals surface area contributed by atoms with Crippen LogP contribution in [0.25, 0.3) is 0 Å². The molecule has 1 atom stereocenters. The molecular weight excluding hydrogens is 286 g/mol. The van der Waals surface area contributed by atoms with Crippen LogP contribution in [0.4, 0.5) is 11.9 Å². The van der Waals surface area contributed by atoms with Gasteiger partial charge in [0.15, 0.2) is 0 Å². The third-order valence-corrected chi connectivity index (χ3v) is 3.45. The van der Waals surface area contributed by atoms with Gasteiger partial charge in [0.2, 0.25) is 11.9 Å². The van der Waals surface area contributed by atoms with Crippen LogP contribution in [0.2, 0.25) is 0 Å². The fraction of sp³-hybridized carbons (Fsp3) is 0.786. The van der Waals surface area contributed by atoms with Gasteiger partial charge in [0.1, 0.15) is 0 Å². The van der Waals surface area contributed by atoms with Gasteiger partial charge in [-0.3, -0.25) is 0 Å². The van der Waals surface area contributed by atoms with Crippen LogP contribution in [0.1, 0.15) is 34.1 Å². The summed E-state index contributed by atoms with van der Waals surface area (Å²) in [6.07, 6.45) is 3.16. The van der Waals surface area contributed by atoms with Crippen molar-refractivity contribution >= 4 is 23.7 Å². The second-order valence-electron chi connectivity index (χ2n) is 5.30. The lowest BCUT2D eigenvalue weighted by Crippen LogP contribution is -2.18. The molecule has 0 aromatic carbocycles. The van der Waals surface area contributed by atoms with E-state index in [4.69, 9.17) is 4.74 Å². The van der Waals surface area contributed by atoms with Gasteiger partial charge >= 0.3 is 6.01 Å². The van der Waals surface area contributed by atoms with Gasteiger partial charge in [-0.25, -0.2) is 0 Å². The number of ether oxygens (including phenoxy) is 1. The second-order valence-corrected chi connectivity index (χ2v) is 6.21. The summed E-state index contributed by atoms with van der Waals surface area (Å²) in [5.41, 5.74) is 0. The lowest BCUT2D eigenvalue weighted by atomic mass is 10.2. The van der Waals surface area contributed by atoms with Gasteiger partial charge in [0, 0.05) is 13.1 Å². The number of hydrogen-bond donors (Lipinski definition) is 2. The van der Waals surface area contributed by atoms with Gasteiger partial charge in [-0.15, -0.1) is 0 Å². The second kappa shape index (κ2) is 9.65. The average molecular weight is 313 g/mol. The largest absolute Gasteiger partial charge is 0.461 e. The van der Waals surface area contributed by atoms with Gasteiger partial charge in [0.25, 0.3) is 0 Å². The lowest BCUT2D eigenvalue weighted by Gasteiger charge is -2.14. The summed E-state index contributed by atoms with van der Waals surface area (Å²) in [7, 11) is 0. The summed E-state index contributed by atoms with van der Waals surface area (Å²) in [4.78, 5) is 13.0. The molecule has 0 aliphatic carbocycles. The SMILES string of the molecule is CCCNc1nc(NCC(C)CSC)nc(OC(C)C)n1. The first kappa shape index (κ1) is 17.8. The summed E-state index contributed by atoms with van der Waals surface area (Å²) < 4.78 is 5.58. The number of nitrogens with zero attached hydrogens (tertiary/aromatic N) is 3. The highest BCUT2D eigenvalue weighted by Gasteiger charge is 2.10. The van der Waals surface area contributed by atoms with E-state index in [-0.39, 0.29) is 6.10 Å². The van der Waals surface area contributed by atoms with Crippen molar-refractivity contribution < 1.29 is 4.74 Å². The predicted molar refractivity (Wildman–Crippen MR) is 90.4 cm³/mol. The Bertz CT molecular complexity index is 416. The zero-order valence-electron chi connectivity index (χ0n) is 13.6. The van der Waals surface area contributed by atoms with Gasteiger partial charge in [0.05, 0.1) is 6.10 Å². The van der Waals surface area contributed by atoms with Crippen LogP contribution in [0, 0.1) is 5.92 Å². The normalized spacial score (nSPS) is 12.3. The zero-order chi connectivity index (χ0) is 15.7. The van der Waals surface area contributed by atoms with Gasteiger partial charge < -0.3 is 15.4 Å². The van der Waals surface area contributed by atoms with Crippen LogP contribution in [0.15, 0.2) is 0 Å². The van der Waals surface area contributed by atoms with Crippen LogP contribution in [0.5, 0.6) is 6.01 Å². The Kier molecular flexibility index (Phi) is 8.19. The first-order valence-electron chi connectivity index (χ1n) is 7.44. The van der Waals surface area contributed by atoms with Gasteiger partial charge in [-0.05, 0) is 38.2 Å². The molecule has 0 spiro atoms. The van der Waals surface area contributed by atoms with Crippen LogP contribution in [0.3, 0.4) is 0 Å². The van der Waals surface area contributed by atoms with E-state index in [9.17, 15) is 0 Å². The van der Waals surface area contributed by atoms with Crippen molar-refractivity contribution in [1.82, 2.24) is 15.0 Å². The van der Waals surface area contributed by atoms with E-state index in [1.807, 2.05) is 25.6 Å². The molecular formula is C14H27N5OS. The summed E-state index contributed by atoms with van der Waals surface area (Å²) in [5, 5.41) is 6.44. The topological polar surface area (TPSA) is 72.0 Å². The molecule has 0 saturated heterocycles. The van der Waals surface area contributed by atoms with Crippen LogP contribution in [-0.2, 0) is 0 Å². The molecule has 1 heterocycles. The molecule has 1 aromatic heterocycles. The first-order chi connectivity index (χ1) is 10.0. The van der Waals surface area contributed by atoms with E-state index < -0.39 is 0 Å². The third-order valence-electron chi connectivity index (χ3n) is 2.55. The minimum Gasteiger partial charge on any atom is -0.461 e. The maximum Gasteiger partial charge on any atom is 0.323 e. The molecule has 1 aromatic rings. The predicted octanol–water partition coefficient (Wildman–Crippen LogP) is 2.89. The van der Waals surface area contributed by atoms with Crippen LogP contribution in [-0.4, -0.2) is 46.2 Å². The van der Waals surface area contributed by atoms with Crippen molar-refractivity contribution in [1.29, 1.82) is 0 Å². The van der Waals surface area contributed by atoms with Crippen LogP contribution >= 0.6 is 11.8 Å². The molecule has 0 fully saturated rings. The van der Waals surface area contributed by atoms with Crippen molar-refractivity contribution in [3.8, 4) is 6.01 Å². The van der Waals surface area contributed by atoms with E-state index in [1.165, 1.54) is 0 Å². The molecule has 0 bridgehead atoms. The smallest absolute Gasteiger partial charge is 0.323 e. The molecule has 1 rings (SSSR count). The Morgan fingerprint density at radius 1 is 1.10 bits per heavy atom. The number of aromatic nitrogens is 3. The number of hydrogen-bond acceptors (Lipinski definition) is 7. The minimum atomic E-state index is 0.0368. The zero-order valence-corrected chi connectivity index (χ0v) is 14.5. The van der Waals surface area contributed by atoms with Crippen molar-refractivity contribution in [2.45, 2.75) is 40.2 Å². The van der Waals surface area contributed by atoms with E-state index in [1.54, 1.807) is 0 Å². The Morgan fingerprint density at radius 2 is 1.76 bits per heavy atom. The molecule has 0 aliphatic rings. The molecule has 120 valence electrons. The van der Waals surface area contributed by atoms with E-state index >= 15 is 0 Å². The Hall–Kier alpha value is -1.24. The van der Waals surface area contributed by atoms with E-state index in [2.05, 4.69) is 45.7 Å². The monoisotopic (exact) mass is 313 g/mol. The minimum absolute atomic E-state index is 0.0368. The standard InChI is InChI=1S/C14H27N5OS/c1-6-7-15-12-17-13(16-8-11(4)9-21-5)19-14(18-12)20-10(2)3/h10-11H,6-9H2,1-5H3,(H2,15,16,17,18,19). The lowest BCUT2D eigenvalue weighted by molar-refractivity contribution is 0.222. The maximum absolute atomic E-state index is 5.58. The summed E-state index contributed by atoms with van der Waals surface area (Å²) in [5.74, 6) is 2.78. The average Bonchev–Trinajstić information content (AvgIpc) is 2.42. The van der Waals surface area contributed by atoms with Gasteiger partial charge in [-0.2, -0.15) is 26.7 Å². The molecule has 2 N–H and O–H groups in total. The molecule has 0 amide bonds. The summed E-state index contributed by atoms with van der Waals surface area (Å²) in [6.45, 7) is 9.87. The summed E-state index contributed by atoms with van der Waals surface area (Å²) in [6, 6.07) is 0.360. The van der Waals surface area contributed by atoms with Crippen LogP contribution < -0.4 is 15.4 Å². The quantitative estimate of drug-likeness (QED) is 0.688. The highest BCUT2D eigenvalue weighted by Crippen LogP contribution is 2.13. The van der Waals surface area contributed by atoms with Crippen molar-refractivity contribution in [3.05, 3.63) is 0 Å². The number of rotatable bonds is 10. The number of anilines is 2. The Labute approximate surface area is 131 Å². The third kappa shape index (κ3) is 7.36. The molecule has 21 heavy (non-hydrogen) atoms. The molecule has 1 unspecified atom stereocenters. The highest BCUT2D eigenvalue weighted by molar-refractivity contribution is 7.98. The highest BCUT2D eigenvalue weighted by atomic mass is 32.2. The van der Waals surface area contributed by atoms with Crippen molar-refractivity contribution in [3.63, 3.8) is 0 Å². The molecule has 6 nitrogen and oxygen atoms in total. The molecule has 7 heteroatoms. The number of thioether (sulfide) groups is 1.